The SMILES string of the molecule is CCCc1ccc(Cl)c(S(=O)(=O)NCC2CCCNC2)c1.Cl. The van der Waals surface area contributed by atoms with Gasteiger partial charge in [0, 0.05) is 6.54 Å². The Morgan fingerprint density at radius 3 is 2.82 bits per heavy atom. The van der Waals surface area contributed by atoms with Gasteiger partial charge in [0.25, 0.3) is 0 Å². The summed E-state index contributed by atoms with van der Waals surface area (Å²) in [6, 6.07) is 5.24. The van der Waals surface area contributed by atoms with Crippen LogP contribution in [-0.4, -0.2) is 28.1 Å². The summed E-state index contributed by atoms with van der Waals surface area (Å²) in [6.45, 7) is 4.42. The Morgan fingerprint density at radius 1 is 1.41 bits per heavy atom. The molecular weight excluding hydrogens is 343 g/mol. The average molecular weight is 367 g/mol. The van der Waals surface area contributed by atoms with Gasteiger partial charge in [-0.25, -0.2) is 13.1 Å². The van der Waals surface area contributed by atoms with Crippen LogP contribution in [0.3, 0.4) is 0 Å². The predicted molar refractivity (Wildman–Crippen MR) is 93.5 cm³/mol. The zero-order valence-electron chi connectivity index (χ0n) is 12.8. The van der Waals surface area contributed by atoms with Crippen molar-refractivity contribution in [2.75, 3.05) is 19.6 Å². The molecule has 1 fully saturated rings. The number of rotatable bonds is 6. The number of halogens is 2. The topological polar surface area (TPSA) is 58.2 Å². The number of piperidine rings is 1. The standard InChI is InChI=1S/C15H23ClN2O2S.ClH/c1-2-4-12-6-7-14(16)15(9-12)21(19,20)18-11-13-5-3-8-17-10-13;/h6-7,9,13,17-18H,2-5,8,10-11H2,1H3;1H. The van der Waals surface area contributed by atoms with Crippen LogP contribution >= 0.6 is 24.0 Å². The summed E-state index contributed by atoms with van der Waals surface area (Å²) in [5.74, 6) is 0.353. The molecule has 1 aromatic rings. The quantitative estimate of drug-likeness (QED) is 0.813. The molecule has 1 atom stereocenters. The summed E-state index contributed by atoms with van der Waals surface area (Å²) in [4.78, 5) is 0.193. The fraction of sp³-hybridized carbons (Fsp3) is 0.600. The van der Waals surface area contributed by atoms with Crippen LogP contribution < -0.4 is 10.0 Å². The fourth-order valence-corrected chi connectivity index (χ4v) is 4.27. The van der Waals surface area contributed by atoms with E-state index in [1.54, 1.807) is 12.1 Å². The number of sulfonamides is 1. The smallest absolute Gasteiger partial charge is 0.242 e. The number of aryl methyl sites for hydroxylation is 1. The average Bonchev–Trinajstić information content (AvgIpc) is 2.48. The first kappa shape index (κ1) is 19.7. The van der Waals surface area contributed by atoms with Crippen molar-refractivity contribution >= 4 is 34.0 Å². The van der Waals surface area contributed by atoms with Crippen LogP contribution in [0.2, 0.25) is 5.02 Å². The third-order valence-corrected chi connectivity index (χ3v) is 5.69. The number of hydrogen-bond acceptors (Lipinski definition) is 3. The third-order valence-electron chi connectivity index (χ3n) is 3.78. The molecule has 2 N–H and O–H groups in total. The minimum atomic E-state index is -3.54. The summed E-state index contributed by atoms with van der Waals surface area (Å²) in [5.41, 5.74) is 1.00. The molecule has 4 nitrogen and oxygen atoms in total. The second-order valence-corrected chi connectivity index (χ2v) is 7.72. The van der Waals surface area contributed by atoms with E-state index >= 15 is 0 Å². The van der Waals surface area contributed by atoms with Gasteiger partial charge in [-0.1, -0.05) is 31.0 Å². The summed E-state index contributed by atoms with van der Waals surface area (Å²) in [6.07, 6.45) is 3.98. The summed E-state index contributed by atoms with van der Waals surface area (Å²) >= 11 is 6.07. The molecule has 1 unspecified atom stereocenters. The highest BCUT2D eigenvalue weighted by Gasteiger charge is 2.21. The zero-order chi connectivity index (χ0) is 15.3. The van der Waals surface area contributed by atoms with Crippen LogP contribution in [0.25, 0.3) is 0 Å². The number of hydrogen-bond donors (Lipinski definition) is 2. The van der Waals surface area contributed by atoms with E-state index in [9.17, 15) is 8.42 Å². The van der Waals surface area contributed by atoms with Gasteiger partial charge >= 0.3 is 0 Å². The maximum absolute atomic E-state index is 12.4. The van der Waals surface area contributed by atoms with Crippen molar-refractivity contribution in [3.05, 3.63) is 28.8 Å². The molecule has 1 aliphatic rings. The van der Waals surface area contributed by atoms with Crippen molar-refractivity contribution in [2.45, 2.75) is 37.5 Å². The van der Waals surface area contributed by atoms with E-state index in [2.05, 4.69) is 17.0 Å². The lowest BCUT2D eigenvalue weighted by atomic mass is 10.0. The first-order valence-electron chi connectivity index (χ1n) is 7.51. The fourth-order valence-electron chi connectivity index (χ4n) is 2.60. The van der Waals surface area contributed by atoms with Crippen LogP contribution in [0.4, 0.5) is 0 Å². The van der Waals surface area contributed by atoms with Crippen molar-refractivity contribution in [3.63, 3.8) is 0 Å². The Bertz CT molecular complexity index is 573. The van der Waals surface area contributed by atoms with E-state index in [4.69, 9.17) is 11.6 Å². The molecule has 1 heterocycles. The Hall–Kier alpha value is -0.330. The van der Waals surface area contributed by atoms with Crippen LogP contribution in [0, 0.1) is 5.92 Å². The van der Waals surface area contributed by atoms with E-state index in [1.807, 2.05) is 6.07 Å². The second-order valence-electron chi connectivity index (χ2n) is 5.58. The van der Waals surface area contributed by atoms with Crippen molar-refractivity contribution in [1.82, 2.24) is 10.0 Å². The maximum Gasteiger partial charge on any atom is 0.242 e. The van der Waals surface area contributed by atoms with Crippen LogP contribution in [0.5, 0.6) is 0 Å². The lowest BCUT2D eigenvalue weighted by molar-refractivity contribution is 0.376. The van der Waals surface area contributed by atoms with Crippen molar-refractivity contribution in [1.29, 1.82) is 0 Å². The molecule has 1 aromatic carbocycles. The van der Waals surface area contributed by atoms with Crippen LogP contribution in [-0.2, 0) is 16.4 Å². The highest BCUT2D eigenvalue weighted by atomic mass is 35.5. The minimum absolute atomic E-state index is 0. The van der Waals surface area contributed by atoms with E-state index < -0.39 is 10.0 Å². The van der Waals surface area contributed by atoms with Gasteiger partial charge in [0.2, 0.25) is 10.0 Å². The molecule has 0 aliphatic carbocycles. The van der Waals surface area contributed by atoms with Crippen molar-refractivity contribution in [2.24, 2.45) is 5.92 Å². The lowest BCUT2D eigenvalue weighted by Crippen LogP contribution is -2.38. The van der Waals surface area contributed by atoms with Crippen LogP contribution in [0.15, 0.2) is 23.1 Å². The van der Waals surface area contributed by atoms with Gasteiger partial charge in [0.1, 0.15) is 4.90 Å². The molecule has 22 heavy (non-hydrogen) atoms. The lowest BCUT2D eigenvalue weighted by Gasteiger charge is -2.23. The number of nitrogens with one attached hydrogen (secondary N) is 2. The van der Waals surface area contributed by atoms with Gasteiger partial charge in [-0.15, -0.1) is 12.4 Å². The number of benzene rings is 1. The molecule has 0 radical (unpaired) electrons. The zero-order valence-corrected chi connectivity index (χ0v) is 15.2. The Morgan fingerprint density at radius 2 is 2.18 bits per heavy atom. The highest BCUT2D eigenvalue weighted by molar-refractivity contribution is 7.89. The van der Waals surface area contributed by atoms with Crippen LogP contribution in [0.1, 0.15) is 31.7 Å². The molecule has 1 saturated heterocycles. The first-order chi connectivity index (χ1) is 10.0. The van der Waals surface area contributed by atoms with Crippen molar-refractivity contribution < 1.29 is 8.42 Å². The molecule has 7 heteroatoms. The largest absolute Gasteiger partial charge is 0.316 e. The van der Waals surface area contributed by atoms with Gasteiger partial charge in [0.05, 0.1) is 5.02 Å². The Balaban J connectivity index is 0.00000242. The molecule has 1 aliphatic heterocycles. The molecular formula is C15H24Cl2N2O2S. The van der Waals surface area contributed by atoms with Gasteiger partial charge in [-0.05, 0) is 56.0 Å². The summed E-state index contributed by atoms with van der Waals surface area (Å²) < 4.78 is 27.6. The van der Waals surface area contributed by atoms with E-state index in [1.165, 1.54) is 0 Å². The van der Waals surface area contributed by atoms with Gasteiger partial charge < -0.3 is 5.32 Å². The maximum atomic E-state index is 12.4. The third kappa shape index (κ3) is 5.39. The summed E-state index contributed by atoms with van der Waals surface area (Å²) in [5, 5.41) is 3.57. The summed E-state index contributed by atoms with van der Waals surface area (Å²) in [7, 11) is -3.54. The van der Waals surface area contributed by atoms with E-state index in [-0.39, 0.29) is 22.3 Å². The van der Waals surface area contributed by atoms with E-state index in [0.29, 0.717) is 12.5 Å². The van der Waals surface area contributed by atoms with Crippen molar-refractivity contribution in [3.8, 4) is 0 Å². The molecule has 0 saturated carbocycles. The van der Waals surface area contributed by atoms with Gasteiger partial charge in [-0.2, -0.15) is 0 Å². The first-order valence-corrected chi connectivity index (χ1v) is 9.38. The molecule has 0 aromatic heterocycles. The Kier molecular flexibility index (Phi) is 8.14. The minimum Gasteiger partial charge on any atom is -0.316 e. The molecule has 126 valence electrons. The predicted octanol–water partition coefficient (Wildman–Crippen LogP) is 2.99. The highest BCUT2D eigenvalue weighted by Crippen LogP contribution is 2.23. The molecule has 2 rings (SSSR count). The second kappa shape index (κ2) is 9.08. The normalized spacial score (nSPS) is 18.7. The van der Waals surface area contributed by atoms with E-state index in [0.717, 1.165) is 44.3 Å². The molecule has 0 bridgehead atoms. The molecule has 0 spiro atoms. The van der Waals surface area contributed by atoms with Gasteiger partial charge in [0.15, 0.2) is 0 Å². The Labute approximate surface area is 144 Å². The molecule has 0 amide bonds. The van der Waals surface area contributed by atoms with Gasteiger partial charge in [-0.3, -0.25) is 0 Å². The monoisotopic (exact) mass is 366 g/mol.